The Morgan fingerprint density at radius 3 is 2.26 bits per heavy atom. The molecule has 0 amide bonds. The fourth-order valence-electron chi connectivity index (χ4n) is 2.51. The number of aliphatic imine (C=N–C) groups is 1. The van der Waals surface area contributed by atoms with Crippen LogP contribution in [0.15, 0.2) is 41.4 Å². The zero-order chi connectivity index (χ0) is 16.1. The van der Waals surface area contributed by atoms with Crippen LogP contribution in [-0.4, -0.2) is 23.6 Å². The largest absolute Gasteiger partial charge is 0.457 e. The van der Waals surface area contributed by atoms with Gasteiger partial charge in [0.25, 0.3) is 0 Å². The third kappa shape index (κ3) is 1.98. The number of carbonyl (C=O) groups excluding carboxylic acids is 2. The summed E-state index contributed by atoms with van der Waals surface area (Å²) in [6.45, 7) is 0. The smallest absolute Gasteiger partial charge is 0.347 e. The topological polar surface area (TPSA) is 115 Å². The molecule has 0 aliphatic carbocycles. The van der Waals surface area contributed by atoms with Crippen LogP contribution in [0.4, 0.5) is 0 Å². The van der Waals surface area contributed by atoms with Crippen LogP contribution in [0.5, 0.6) is 11.5 Å². The molecule has 0 atom stereocenters. The molecule has 0 radical (unpaired) electrons. The number of nitrogens with one attached hydrogen (secondary N) is 1. The van der Waals surface area contributed by atoms with Crippen LogP contribution >= 0.6 is 0 Å². The van der Waals surface area contributed by atoms with E-state index in [0.717, 1.165) is 0 Å². The number of hydrogen-bond acceptors (Lipinski definition) is 6. The van der Waals surface area contributed by atoms with E-state index in [1.54, 1.807) is 24.3 Å². The molecule has 7 nitrogen and oxygen atoms in total. The molecular weight excluding hydrogens is 298 g/mol. The number of nitrogens with two attached hydrogens (primary N) is 1. The van der Waals surface area contributed by atoms with Crippen LogP contribution < -0.4 is 10.5 Å². The van der Waals surface area contributed by atoms with Crippen LogP contribution in [-0.2, 0) is 4.74 Å². The van der Waals surface area contributed by atoms with Gasteiger partial charge in [-0.15, -0.1) is 0 Å². The molecule has 2 heterocycles. The lowest BCUT2D eigenvalue weighted by Gasteiger charge is -2.08. The van der Waals surface area contributed by atoms with Crippen LogP contribution in [0.25, 0.3) is 0 Å². The molecule has 2 aromatic carbocycles. The van der Waals surface area contributed by atoms with Gasteiger partial charge in [-0.3, -0.25) is 5.41 Å². The van der Waals surface area contributed by atoms with Crippen molar-refractivity contribution in [2.45, 2.75) is 0 Å². The number of fused-ring (bicyclic) bond motifs is 2. The number of cyclic esters (lactones) is 2. The first-order valence-corrected chi connectivity index (χ1v) is 6.69. The zero-order valence-electron chi connectivity index (χ0n) is 11.6. The van der Waals surface area contributed by atoms with E-state index >= 15 is 0 Å². The number of amidine groups is 2. The van der Waals surface area contributed by atoms with Crippen LogP contribution in [0, 0.1) is 5.41 Å². The number of carbonyl (C=O) groups is 2. The highest BCUT2D eigenvalue weighted by Gasteiger charge is 2.30. The van der Waals surface area contributed by atoms with Crippen molar-refractivity contribution in [3.63, 3.8) is 0 Å². The average molecular weight is 307 g/mol. The SMILES string of the molecule is N=C1N=C(N)c2ccc(Oc3ccc4c(c3)C(=O)OC4=O)cc21. The maximum Gasteiger partial charge on any atom is 0.347 e. The fourth-order valence-corrected chi connectivity index (χ4v) is 2.51. The van der Waals surface area contributed by atoms with Crippen molar-refractivity contribution in [1.29, 1.82) is 5.41 Å². The molecule has 3 N–H and O–H groups in total. The Bertz CT molecular complexity index is 946. The molecule has 7 heteroatoms. The fraction of sp³-hybridized carbons (Fsp3) is 0. The summed E-state index contributed by atoms with van der Waals surface area (Å²) in [6.07, 6.45) is 0. The van der Waals surface area contributed by atoms with Gasteiger partial charge in [-0.25, -0.2) is 14.6 Å². The molecule has 23 heavy (non-hydrogen) atoms. The van der Waals surface area contributed by atoms with Crippen LogP contribution in [0.2, 0.25) is 0 Å². The minimum absolute atomic E-state index is 0.0751. The van der Waals surface area contributed by atoms with Crippen molar-refractivity contribution in [3.05, 3.63) is 58.7 Å². The van der Waals surface area contributed by atoms with E-state index in [-0.39, 0.29) is 17.0 Å². The number of nitrogens with zero attached hydrogens (tertiary/aromatic N) is 1. The summed E-state index contributed by atoms with van der Waals surface area (Å²) < 4.78 is 10.2. The van der Waals surface area contributed by atoms with Gasteiger partial charge in [-0.05, 0) is 36.4 Å². The third-order valence-corrected chi connectivity index (χ3v) is 3.61. The van der Waals surface area contributed by atoms with Crippen molar-refractivity contribution in [2.75, 3.05) is 0 Å². The zero-order valence-corrected chi connectivity index (χ0v) is 11.6. The van der Waals surface area contributed by atoms with E-state index in [1.165, 1.54) is 12.1 Å². The van der Waals surface area contributed by atoms with E-state index in [1.807, 2.05) is 0 Å². The highest BCUT2D eigenvalue weighted by molar-refractivity contribution is 6.21. The Hall–Kier alpha value is -3.48. The second-order valence-electron chi connectivity index (χ2n) is 5.04. The monoisotopic (exact) mass is 307 g/mol. The van der Waals surface area contributed by atoms with Crippen molar-refractivity contribution in [1.82, 2.24) is 0 Å². The Balaban J connectivity index is 1.67. The first-order valence-electron chi connectivity index (χ1n) is 6.69. The van der Waals surface area contributed by atoms with Gasteiger partial charge in [0.2, 0.25) is 0 Å². The predicted octanol–water partition coefficient (Wildman–Crippen LogP) is 1.83. The lowest BCUT2D eigenvalue weighted by molar-refractivity contribution is 0.0443. The van der Waals surface area contributed by atoms with E-state index in [4.69, 9.17) is 15.9 Å². The minimum atomic E-state index is -0.688. The second-order valence-corrected chi connectivity index (χ2v) is 5.04. The van der Waals surface area contributed by atoms with Gasteiger partial charge >= 0.3 is 11.9 Å². The van der Waals surface area contributed by atoms with Crippen molar-refractivity contribution in [3.8, 4) is 11.5 Å². The number of esters is 2. The van der Waals surface area contributed by atoms with Gasteiger partial charge in [0.15, 0.2) is 5.84 Å². The average Bonchev–Trinajstić information content (AvgIpc) is 2.96. The molecule has 0 saturated carbocycles. The Kier molecular flexibility index (Phi) is 2.59. The van der Waals surface area contributed by atoms with Gasteiger partial charge in [-0.1, -0.05) is 0 Å². The lowest BCUT2D eigenvalue weighted by Crippen LogP contribution is -2.10. The van der Waals surface area contributed by atoms with Crippen molar-refractivity contribution >= 4 is 23.6 Å². The number of hydrogen-bond donors (Lipinski definition) is 2. The van der Waals surface area contributed by atoms with E-state index in [0.29, 0.717) is 28.5 Å². The van der Waals surface area contributed by atoms with Crippen LogP contribution in [0.3, 0.4) is 0 Å². The summed E-state index contributed by atoms with van der Waals surface area (Å²) in [6, 6.07) is 9.56. The number of ether oxygens (including phenoxy) is 2. The summed E-state index contributed by atoms with van der Waals surface area (Å²) in [4.78, 5) is 26.9. The standard InChI is InChI=1S/C16H9N3O4/c17-13-9-3-1-7(5-11(9)14(18)19-13)22-8-2-4-10-12(6-8)16(21)23-15(10)20/h1-6H,(H3,17,18,19). The molecular formula is C16H9N3O4. The van der Waals surface area contributed by atoms with Gasteiger partial charge in [-0.2, -0.15) is 0 Å². The molecule has 2 aromatic rings. The summed E-state index contributed by atoms with van der Waals surface area (Å²) in [5, 5.41) is 7.76. The summed E-state index contributed by atoms with van der Waals surface area (Å²) >= 11 is 0. The van der Waals surface area contributed by atoms with Gasteiger partial charge in [0, 0.05) is 11.1 Å². The quantitative estimate of drug-likeness (QED) is 0.649. The lowest BCUT2D eigenvalue weighted by atomic mass is 10.1. The summed E-state index contributed by atoms with van der Waals surface area (Å²) in [5.74, 6) is -0.117. The Morgan fingerprint density at radius 1 is 0.913 bits per heavy atom. The molecule has 2 aliphatic heterocycles. The van der Waals surface area contributed by atoms with Crippen LogP contribution in [0.1, 0.15) is 31.8 Å². The molecule has 0 spiro atoms. The second kappa shape index (κ2) is 4.51. The molecule has 0 bridgehead atoms. The molecule has 0 unspecified atom stereocenters. The first kappa shape index (κ1) is 13.2. The number of benzene rings is 2. The highest BCUT2D eigenvalue weighted by Crippen LogP contribution is 2.30. The van der Waals surface area contributed by atoms with E-state index < -0.39 is 11.9 Å². The maximum absolute atomic E-state index is 11.6. The normalized spacial score (nSPS) is 15.1. The molecule has 0 fully saturated rings. The molecule has 4 rings (SSSR count). The highest BCUT2D eigenvalue weighted by atomic mass is 16.6. The summed E-state index contributed by atoms with van der Waals surface area (Å²) in [7, 11) is 0. The van der Waals surface area contributed by atoms with Gasteiger partial charge < -0.3 is 15.2 Å². The molecule has 0 saturated heterocycles. The van der Waals surface area contributed by atoms with E-state index in [2.05, 4.69) is 9.73 Å². The Morgan fingerprint density at radius 2 is 1.52 bits per heavy atom. The molecule has 0 aromatic heterocycles. The molecule has 2 aliphatic rings. The first-order chi connectivity index (χ1) is 11.0. The van der Waals surface area contributed by atoms with Crippen molar-refractivity contribution in [2.24, 2.45) is 10.7 Å². The van der Waals surface area contributed by atoms with Gasteiger partial charge in [0.1, 0.15) is 17.3 Å². The minimum Gasteiger partial charge on any atom is -0.457 e. The summed E-state index contributed by atoms with van der Waals surface area (Å²) in [5.41, 5.74) is 7.38. The molecule has 112 valence electrons. The van der Waals surface area contributed by atoms with Gasteiger partial charge in [0.05, 0.1) is 11.1 Å². The van der Waals surface area contributed by atoms with E-state index in [9.17, 15) is 9.59 Å². The predicted molar refractivity (Wildman–Crippen MR) is 80.3 cm³/mol. The maximum atomic E-state index is 11.6. The Labute approximate surface area is 129 Å². The van der Waals surface area contributed by atoms with Crippen molar-refractivity contribution < 1.29 is 19.1 Å². The number of rotatable bonds is 2. The third-order valence-electron chi connectivity index (χ3n) is 3.61.